The van der Waals surface area contributed by atoms with Crippen molar-refractivity contribution < 1.29 is 0 Å². The monoisotopic (exact) mass is 208 g/mol. The van der Waals surface area contributed by atoms with Crippen LogP contribution in [0.2, 0.25) is 0 Å². The Morgan fingerprint density at radius 2 is 1.93 bits per heavy atom. The molecular weight excluding hydrogens is 196 g/mol. The number of nitrogens with zero attached hydrogens (tertiary/aromatic N) is 2. The Bertz CT molecular complexity index is 323. The molecule has 1 atom stereocenters. The van der Waals surface area contributed by atoms with E-state index in [4.69, 9.17) is 11.8 Å². The zero-order chi connectivity index (χ0) is 9.97. The van der Waals surface area contributed by atoms with Gasteiger partial charge in [-0.1, -0.05) is 30.3 Å². The van der Waals surface area contributed by atoms with E-state index in [1.807, 2.05) is 18.5 Å². The second-order valence-electron chi connectivity index (χ2n) is 3.43. The summed E-state index contributed by atoms with van der Waals surface area (Å²) in [6.07, 6.45) is 4.14. The summed E-state index contributed by atoms with van der Waals surface area (Å²) >= 11 is 5.93. The van der Waals surface area contributed by atoms with Crippen LogP contribution in [0.5, 0.6) is 0 Å². The van der Waals surface area contributed by atoms with Crippen molar-refractivity contribution in [3.05, 3.63) is 48.3 Å². The molecule has 0 saturated carbocycles. The topological polar surface area (TPSA) is 6.48 Å². The van der Waals surface area contributed by atoms with E-state index >= 15 is 0 Å². The average Bonchev–Trinajstić information content (AvgIpc) is 2.52. The van der Waals surface area contributed by atoms with Crippen LogP contribution in [0.25, 0.3) is 0 Å². The van der Waals surface area contributed by atoms with E-state index in [1.165, 1.54) is 5.56 Å². The molecule has 1 aromatic carbocycles. The second kappa shape index (κ2) is 3.93. The molecule has 0 aliphatic carbocycles. The Morgan fingerprint density at radius 3 is 2.50 bits per heavy atom. The van der Waals surface area contributed by atoms with Crippen LogP contribution in [-0.4, -0.2) is 15.5 Å². The fourth-order valence-electron chi connectivity index (χ4n) is 1.52. The van der Waals surface area contributed by atoms with Crippen LogP contribution in [0, 0.1) is 0 Å². The summed E-state index contributed by atoms with van der Waals surface area (Å²) in [7, 11) is 0. The van der Waals surface area contributed by atoms with Crippen molar-refractivity contribution in [1.29, 1.82) is 0 Å². The smallest absolute Gasteiger partial charge is 0.113 e. The number of benzene rings is 1. The van der Waals surface area contributed by atoms with Gasteiger partial charge in [0, 0.05) is 30.7 Å². The number of hydrogen-bond donors (Lipinski definition) is 0. The van der Waals surface area contributed by atoms with Gasteiger partial charge in [-0.3, -0.25) is 4.42 Å². The molecule has 0 spiro atoms. The molecule has 0 radical (unpaired) electrons. The molecule has 0 aromatic heterocycles. The molecule has 74 valence electrons. The van der Waals surface area contributed by atoms with Crippen molar-refractivity contribution in [3.63, 3.8) is 0 Å². The van der Waals surface area contributed by atoms with Crippen LogP contribution in [0.15, 0.2) is 42.7 Å². The summed E-state index contributed by atoms with van der Waals surface area (Å²) < 4.78 is 1.68. The van der Waals surface area contributed by atoms with Gasteiger partial charge in [-0.05, 0) is 12.5 Å². The lowest BCUT2D eigenvalue weighted by molar-refractivity contribution is 0.232. The highest BCUT2D eigenvalue weighted by molar-refractivity contribution is 6.14. The van der Waals surface area contributed by atoms with Crippen molar-refractivity contribution in [2.24, 2.45) is 0 Å². The van der Waals surface area contributed by atoms with Crippen LogP contribution in [0.4, 0.5) is 0 Å². The van der Waals surface area contributed by atoms with E-state index in [1.54, 1.807) is 4.42 Å². The Kier molecular flexibility index (Phi) is 2.64. The molecule has 0 N–H and O–H groups in total. The van der Waals surface area contributed by atoms with E-state index in [-0.39, 0.29) is 6.17 Å². The van der Waals surface area contributed by atoms with Crippen LogP contribution in [-0.2, 0) is 6.54 Å². The lowest BCUT2D eigenvalue weighted by atomic mass is 10.2. The van der Waals surface area contributed by atoms with Crippen LogP contribution in [0.1, 0.15) is 12.5 Å². The first-order valence-corrected chi connectivity index (χ1v) is 5.03. The summed E-state index contributed by atoms with van der Waals surface area (Å²) in [4.78, 5) is 2.20. The Labute approximate surface area is 89.5 Å². The standard InChI is InChI=1S/C11H13ClN2/c1-10-13(7-8-14(10)12)9-11-5-3-2-4-6-11/h2-8,10H,9H2,1H3. The SMILES string of the molecule is CC1N(Cl)C=CN1Cc1ccccc1. The lowest BCUT2D eigenvalue weighted by Gasteiger charge is -2.25. The molecule has 14 heavy (non-hydrogen) atoms. The maximum Gasteiger partial charge on any atom is 0.113 e. The van der Waals surface area contributed by atoms with Gasteiger partial charge in [0.2, 0.25) is 0 Å². The number of halogens is 1. The first-order chi connectivity index (χ1) is 6.77. The normalized spacial score (nSPS) is 20.6. The van der Waals surface area contributed by atoms with Crippen molar-refractivity contribution >= 4 is 11.8 Å². The summed E-state index contributed by atoms with van der Waals surface area (Å²) in [5, 5.41) is 0. The summed E-state index contributed by atoms with van der Waals surface area (Å²) in [5.74, 6) is 0. The summed E-state index contributed by atoms with van der Waals surface area (Å²) in [6, 6.07) is 10.4. The van der Waals surface area contributed by atoms with Gasteiger partial charge in [-0.15, -0.1) is 0 Å². The maximum absolute atomic E-state index is 5.93. The van der Waals surface area contributed by atoms with Gasteiger partial charge in [-0.2, -0.15) is 0 Å². The van der Waals surface area contributed by atoms with Crippen LogP contribution in [0.3, 0.4) is 0 Å². The Balaban J connectivity index is 2.03. The molecule has 1 heterocycles. The van der Waals surface area contributed by atoms with Gasteiger partial charge in [-0.25, -0.2) is 0 Å². The molecule has 0 saturated heterocycles. The molecule has 1 unspecified atom stereocenters. The third kappa shape index (κ3) is 1.85. The minimum absolute atomic E-state index is 0.233. The number of rotatable bonds is 2. The first-order valence-electron chi connectivity index (χ1n) is 4.69. The van der Waals surface area contributed by atoms with Gasteiger partial charge in [0.1, 0.15) is 6.17 Å². The van der Waals surface area contributed by atoms with Crippen molar-refractivity contribution in [3.8, 4) is 0 Å². The zero-order valence-electron chi connectivity index (χ0n) is 8.10. The maximum atomic E-state index is 5.93. The fourth-order valence-corrected chi connectivity index (χ4v) is 1.68. The molecule has 1 aliphatic rings. The molecule has 3 heteroatoms. The Morgan fingerprint density at radius 1 is 1.21 bits per heavy atom. The van der Waals surface area contributed by atoms with E-state index in [0.29, 0.717) is 0 Å². The summed E-state index contributed by atoms with van der Waals surface area (Å²) in [6.45, 7) is 2.98. The van der Waals surface area contributed by atoms with Gasteiger partial charge >= 0.3 is 0 Å². The zero-order valence-corrected chi connectivity index (χ0v) is 8.85. The highest BCUT2D eigenvalue weighted by Gasteiger charge is 2.19. The molecule has 2 rings (SSSR count). The highest BCUT2D eigenvalue weighted by Crippen LogP contribution is 2.19. The van der Waals surface area contributed by atoms with Gasteiger partial charge in [0.25, 0.3) is 0 Å². The van der Waals surface area contributed by atoms with E-state index in [9.17, 15) is 0 Å². The van der Waals surface area contributed by atoms with E-state index in [2.05, 4.69) is 36.1 Å². The molecule has 0 fully saturated rings. The second-order valence-corrected chi connectivity index (χ2v) is 3.82. The molecule has 1 aromatic rings. The van der Waals surface area contributed by atoms with E-state index in [0.717, 1.165) is 6.54 Å². The summed E-state index contributed by atoms with van der Waals surface area (Å²) in [5.41, 5.74) is 1.30. The van der Waals surface area contributed by atoms with Crippen LogP contribution < -0.4 is 0 Å². The minimum Gasteiger partial charge on any atom is -0.351 e. The predicted molar refractivity (Wildman–Crippen MR) is 58.3 cm³/mol. The van der Waals surface area contributed by atoms with Crippen molar-refractivity contribution in [1.82, 2.24) is 9.32 Å². The van der Waals surface area contributed by atoms with Gasteiger partial charge < -0.3 is 4.90 Å². The van der Waals surface area contributed by atoms with Crippen molar-refractivity contribution in [2.75, 3.05) is 0 Å². The van der Waals surface area contributed by atoms with Crippen molar-refractivity contribution in [2.45, 2.75) is 19.6 Å². The quantitative estimate of drug-likeness (QED) is 0.690. The largest absolute Gasteiger partial charge is 0.351 e. The average molecular weight is 209 g/mol. The third-order valence-electron chi connectivity index (χ3n) is 2.45. The third-order valence-corrected chi connectivity index (χ3v) is 2.84. The fraction of sp³-hybridized carbons (Fsp3) is 0.273. The van der Waals surface area contributed by atoms with E-state index < -0.39 is 0 Å². The molecule has 0 bridgehead atoms. The predicted octanol–water partition coefficient (Wildman–Crippen LogP) is 2.78. The highest BCUT2D eigenvalue weighted by atomic mass is 35.5. The van der Waals surface area contributed by atoms with Gasteiger partial charge in [0.15, 0.2) is 0 Å². The molecular formula is C11H13ClN2. The van der Waals surface area contributed by atoms with Crippen LogP contribution >= 0.6 is 11.8 Å². The molecule has 0 amide bonds. The molecule has 1 aliphatic heterocycles. The minimum atomic E-state index is 0.233. The Hall–Kier alpha value is -1.15. The first kappa shape index (κ1) is 9.41. The number of hydrogen-bond acceptors (Lipinski definition) is 2. The van der Waals surface area contributed by atoms with Gasteiger partial charge in [0.05, 0.1) is 0 Å². The lowest BCUT2D eigenvalue weighted by Crippen LogP contribution is -2.30. The molecule has 2 nitrogen and oxygen atoms in total.